The Bertz CT molecular complexity index is 1170. The average molecular weight is 465 g/mol. The first-order valence-corrected chi connectivity index (χ1v) is 10.0. The number of halogens is 1. The van der Waals surface area contributed by atoms with Crippen LogP contribution in [0.1, 0.15) is 33.4 Å². The molecule has 0 saturated carbocycles. The SMILES string of the molecule is C#CCn1c(=O)n([C@@H]2O[C@H](C(CC)OC(C)=O)[C@H](F)[C@H]2OC(C)=O)c2nc(N)nc(OC)c21. The molecule has 1 saturated heterocycles. The second-order valence-corrected chi connectivity index (χ2v) is 7.27. The first-order chi connectivity index (χ1) is 15.6. The summed E-state index contributed by atoms with van der Waals surface area (Å²) < 4.78 is 39.1. The Morgan fingerprint density at radius 1 is 1.33 bits per heavy atom. The zero-order valence-corrected chi connectivity index (χ0v) is 18.5. The van der Waals surface area contributed by atoms with E-state index in [2.05, 4.69) is 15.9 Å². The Labute approximate surface area is 187 Å². The van der Waals surface area contributed by atoms with E-state index < -0.39 is 48.3 Å². The van der Waals surface area contributed by atoms with Crippen LogP contribution in [0.2, 0.25) is 0 Å². The number of carbonyl (C=O) groups is 2. The molecule has 0 radical (unpaired) electrons. The molecular formula is C20H24FN5O7. The van der Waals surface area contributed by atoms with Crippen LogP contribution in [0.4, 0.5) is 10.3 Å². The van der Waals surface area contributed by atoms with Gasteiger partial charge in [-0.3, -0.25) is 14.2 Å². The van der Waals surface area contributed by atoms with Crippen molar-refractivity contribution in [3.05, 3.63) is 10.5 Å². The summed E-state index contributed by atoms with van der Waals surface area (Å²) in [7, 11) is 1.32. The first-order valence-electron chi connectivity index (χ1n) is 10.0. The van der Waals surface area contributed by atoms with Crippen molar-refractivity contribution in [2.24, 2.45) is 0 Å². The molecule has 3 rings (SSSR count). The molecule has 12 nitrogen and oxygen atoms in total. The number of fused-ring (bicyclic) bond motifs is 1. The van der Waals surface area contributed by atoms with Gasteiger partial charge in [-0.2, -0.15) is 9.97 Å². The molecule has 1 unspecified atom stereocenters. The molecule has 0 aromatic carbocycles. The molecule has 3 heterocycles. The highest BCUT2D eigenvalue weighted by atomic mass is 19.1. The van der Waals surface area contributed by atoms with Gasteiger partial charge < -0.3 is 24.7 Å². The van der Waals surface area contributed by atoms with Gasteiger partial charge >= 0.3 is 17.6 Å². The van der Waals surface area contributed by atoms with E-state index in [1.54, 1.807) is 6.92 Å². The van der Waals surface area contributed by atoms with Crippen LogP contribution in [0.3, 0.4) is 0 Å². The Kier molecular flexibility index (Phi) is 6.87. The summed E-state index contributed by atoms with van der Waals surface area (Å²) in [5, 5.41) is 0. The normalized spacial score (nSPS) is 23.2. The fourth-order valence-electron chi connectivity index (χ4n) is 3.84. The number of imidazole rings is 1. The lowest BCUT2D eigenvalue weighted by atomic mass is 10.0. The number of terminal acetylenes is 1. The second-order valence-electron chi connectivity index (χ2n) is 7.27. The van der Waals surface area contributed by atoms with Crippen molar-refractivity contribution in [1.29, 1.82) is 0 Å². The summed E-state index contributed by atoms with van der Waals surface area (Å²) >= 11 is 0. The third kappa shape index (κ3) is 4.34. The molecule has 5 atom stereocenters. The summed E-state index contributed by atoms with van der Waals surface area (Å²) in [6.45, 7) is 3.75. The monoisotopic (exact) mass is 465 g/mol. The van der Waals surface area contributed by atoms with Gasteiger partial charge in [0.15, 0.2) is 29.7 Å². The zero-order valence-electron chi connectivity index (χ0n) is 18.5. The fraction of sp³-hybridized carbons (Fsp3) is 0.550. The van der Waals surface area contributed by atoms with E-state index in [1.807, 2.05) is 0 Å². The minimum Gasteiger partial charge on any atom is -0.479 e. The van der Waals surface area contributed by atoms with Gasteiger partial charge in [-0.15, -0.1) is 6.42 Å². The largest absolute Gasteiger partial charge is 0.479 e. The molecule has 2 aromatic heterocycles. The number of nitrogens with zero attached hydrogens (tertiary/aromatic N) is 4. The van der Waals surface area contributed by atoms with Gasteiger partial charge in [-0.25, -0.2) is 13.8 Å². The van der Waals surface area contributed by atoms with Gasteiger partial charge in [0.2, 0.25) is 11.8 Å². The van der Waals surface area contributed by atoms with Gasteiger partial charge in [0, 0.05) is 13.8 Å². The van der Waals surface area contributed by atoms with Gasteiger partial charge in [-0.05, 0) is 6.42 Å². The van der Waals surface area contributed by atoms with Crippen LogP contribution in [-0.4, -0.2) is 62.6 Å². The van der Waals surface area contributed by atoms with E-state index in [9.17, 15) is 14.4 Å². The number of carbonyl (C=O) groups excluding carboxylic acids is 2. The predicted molar refractivity (Wildman–Crippen MR) is 112 cm³/mol. The quantitative estimate of drug-likeness (QED) is 0.447. The molecule has 13 heteroatoms. The van der Waals surface area contributed by atoms with Gasteiger partial charge in [-0.1, -0.05) is 12.8 Å². The lowest BCUT2D eigenvalue weighted by Gasteiger charge is -2.23. The van der Waals surface area contributed by atoms with Crippen molar-refractivity contribution in [2.75, 3.05) is 12.8 Å². The number of anilines is 1. The molecular weight excluding hydrogens is 441 g/mol. The van der Waals surface area contributed by atoms with Crippen molar-refractivity contribution < 1.29 is 32.9 Å². The van der Waals surface area contributed by atoms with Gasteiger partial charge in [0.05, 0.1) is 13.7 Å². The van der Waals surface area contributed by atoms with Crippen LogP contribution >= 0.6 is 0 Å². The number of ether oxygens (including phenoxy) is 4. The van der Waals surface area contributed by atoms with Crippen LogP contribution in [-0.2, 0) is 30.3 Å². The number of hydrogen-bond donors (Lipinski definition) is 1. The molecule has 2 N–H and O–H groups in total. The van der Waals surface area contributed by atoms with Gasteiger partial charge in [0.1, 0.15) is 12.2 Å². The molecule has 1 aliphatic heterocycles. The Hall–Kier alpha value is -3.66. The highest BCUT2D eigenvalue weighted by molar-refractivity contribution is 5.79. The number of hydrogen-bond acceptors (Lipinski definition) is 10. The highest BCUT2D eigenvalue weighted by Gasteiger charge is 2.53. The molecule has 1 fully saturated rings. The van der Waals surface area contributed by atoms with Crippen molar-refractivity contribution in [3.63, 3.8) is 0 Å². The Balaban J connectivity index is 2.23. The van der Waals surface area contributed by atoms with E-state index in [1.165, 1.54) is 14.0 Å². The van der Waals surface area contributed by atoms with E-state index in [-0.39, 0.29) is 36.0 Å². The standard InChI is InChI=1S/C20H24FN5O7/c1-6-8-25-13-16(23-19(22)24-17(13)30-5)26(20(25)29)18-15(32-10(4)28)12(21)14(33-18)11(7-2)31-9(3)27/h1,11-12,14-15,18H,7-8H2,2-5H3,(H2,22,23,24)/t11?,12-,14+,15+,18+/m0/s1. The maximum absolute atomic E-state index is 15.5. The first kappa shape index (κ1) is 24.0. The minimum atomic E-state index is -1.93. The summed E-state index contributed by atoms with van der Waals surface area (Å²) in [6, 6.07) is 0. The molecule has 0 amide bonds. The number of nitrogens with two attached hydrogens (primary N) is 1. The summed E-state index contributed by atoms with van der Waals surface area (Å²) in [4.78, 5) is 44.6. The third-order valence-electron chi connectivity index (χ3n) is 5.08. The topological polar surface area (TPSA) is 150 Å². The smallest absolute Gasteiger partial charge is 0.333 e. The third-order valence-corrected chi connectivity index (χ3v) is 5.08. The highest BCUT2D eigenvalue weighted by Crippen LogP contribution is 2.38. The van der Waals surface area contributed by atoms with E-state index in [4.69, 9.17) is 31.1 Å². The second kappa shape index (κ2) is 9.45. The maximum Gasteiger partial charge on any atom is 0.333 e. The Morgan fingerprint density at radius 2 is 2.03 bits per heavy atom. The van der Waals surface area contributed by atoms with Crippen molar-refractivity contribution in [3.8, 4) is 18.2 Å². The summed E-state index contributed by atoms with van der Waals surface area (Å²) in [5.41, 5.74) is 5.07. The van der Waals surface area contributed by atoms with Crippen LogP contribution in [0, 0.1) is 12.3 Å². The zero-order chi connectivity index (χ0) is 24.4. The lowest BCUT2D eigenvalue weighted by Crippen LogP contribution is -2.39. The van der Waals surface area contributed by atoms with Crippen molar-refractivity contribution in [1.82, 2.24) is 19.1 Å². The van der Waals surface area contributed by atoms with E-state index in [0.717, 1.165) is 16.1 Å². The minimum absolute atomic E-state index is 0.0367. The van der Waals surface area contributed by atoms with Gasteiger partial charge in [0.25, 0.3) is 0 Å². The lowest BCUT2D eigenvalue weighted by molar-refractivity contribution is -0.159. The number of alkyl halides is 1. The number of rotatable bonds is 7. The molecule has 2 aromatic rings. The maximum atomic E-state index is 15.5. The molecule has 0 spiro atoms. The average Bonchev–Trinajstić information content (AvgIpc) is 3.19. The van der Waals surface area contributed by atoms with E-state index >= 15 is 4.39 Å². The summed E-state index contributed by atoms with van der Waals surface area (Å²) in [5.74, 6) is 0.639. The molecule has 0 aliphatic carbocycles. The molecule has 33 heavy (non-hydrogen) atoms. The van der Waals surface area contributed by atoms with Crippen LogP contribution in [0.5, 0.6) is 5.88 Å². The summed E-state index contributed by atoms with van der Waals surface area (Å²) in [6.07, 6.45) is -1.65. The van der Waals surface area contributed by atoms with Crippen molar-refractivity contribution in [2.45, 2.75) is 64.4 Å². The number of aromatic nitrogens is 4. The van der Waals surface area contributed by atoms with Crippen molar-refractivity contribution >= 4 is 29.1 Å². The predicted octanol–water partition coefficient (Wildman–Crippen LogP) is 0.326. The number of nitrogen functional groups attached to an aromatic ring is 1. The van der Waals surface area contributed by atoms with Crippen LogP contribution in [0.15, 0.2) is 4.79 Å². The van der Waals surface area contributed by atoms with Crippen LogP contribution < -0.4 is 16.2 Å². The molecule has 0 bridgehead atoms. The van der Waals surface area contributed by atoms with E-state index in [0.29, 0.717) is 0 Å². The molecule has 1 aliphatic rings. The van der Waals surface area contributed by atoms with Crippen LogP contribution in [0.25, 0.3) is 11.2 Å². The number of methoxy groups -OCH3 is 1. The fourth-order valence-corrected chi connectivity index (χ4v) is 3.84. The Morgan fingerprint density at radius 3 is 2.58 bits per heavy atom. The number of esters is 2. The molecule has 178 valence electrons.